The molecule has 8 nitrogen and oxygen atoms in total. The Morgan fingerprint density at radius 1 is 0.895 bits per heavy atom. The van der Waals surface area contributed by atoms with E-state index in [4.69, 9.17) is 23.7 Å². The fraction of sp³-hybridized carbons (Fsp3) is 0.633. The maximum absolute atomic E-state index is 13.0. The smallest absolute Gasteiger partial charge is 0.333 e. The number of carbonyl (C=O) groups excluding carboxylic acids is 3. The van der Waals surface area contributed by atoms with Crippen LogP contribution in [0.5, 0.6) is 0 Å². The van der Waals surface area contributed by atoms with Crippen molar-refractivity contribution in [2.45, 2.75) is 117 Å². The zero-order valence-electron chi connectivity index (χ0n) is 24.1. The van der Waals surface area contributed by atoms with E-state index in [0.29, 0.717) is 35.1 Å². The molecule has 2 aliphatic heterocycles. The number of hydrogen-bond acceptors (Lipinski definition) is 8. The zero-order valence-corrected chi connectivity index (χ0v) is 24.1. The second-order valence-electron chi connectivity index (χ2n) is 11.2. The quantitative estimate of drug-likeness (QED) is 0.129. The van der Waals surface area contributed by atoms with Gasteiger partial charge in [-0.2, -0.15) is 0 Å². The third-order valence-electron chi connectivity index (χ3n) is 8.18. The van der Waals surface area contributed by atoms with Gasteiger partial charge in [0.2, 0.25) is 0 Å². The van der Waals surface area contributed by atoms with Crippen molar-refractivity contribution in [1.29, 1.82) is 0 Å². The lowest BCUT2D eigenvalue weighted by Crippen LogP contribution is -2.54. The van der Waals surface area contributed by atoms with Crippen LogP contribution in [0.3, 0.4) is 0 Å². The molecule has 0 aromatic heterocycles. The van der Waals surface area contributed by atoms with E-state index in [1.165, 1.54) is 0 Å². The fourth-order valence-electron chi connectivity index (χ4n) is 4.77. The van der Waals surface area contributed by atoms with Crippen LogP contribution in [0.2, 0.25) is 0 Å². The number of carbonyl (C=O) groups is 3. The average Bonchev–Trinajstić information content (AvgIpc) is 3.74. The van der Waals surface area contributed by atoms with E-state index >= 15 is 0 Å². The van der Waals surface area contributed by atoms with Crippen LogP contribution in [-0.4, -0.2) is 59.6 Å². The number of allylic oxidation sites excluding steroid dienone is 3. The van der Waals surface area contributed by atoms with Gasteiger partial charge < -0.3 is 23.7 Å². The first-order valence-electron chi connectivity index (χ1n) is 13.3. The molecule has 0 radical (unpaired) electrons. The Labute approximate surface area is 226 Å². The number of epoxide rings is 2. The predicted octanol–water partition coefficient (Wildman–Crippen LogP) is 4.92. The molecule has 1 aliphatic carbocycles. The predicted molar refractivity (Wildman–Crippen MR) is 142 cm³/mol. The van der Waals surface area contributed by atoms with Gasteiger partial charge >= 0.3 is 17.9 Å². The van der Waals surface area contributed by atoms with E-state index in [9.17, 15) is 14.4 Å². The normalized spacial score (nSPS) is 33.0. The maximum atomic E-state index is 13.0. The summed E-state index contributed by atoms with van der Waals surface area (Å²) in [5.74, 6) is -1.97. The maximum Gasteiger partial charge on any atom is 0.333 e. The number of esters is 3. The van der Waals surface area contributed by atoms with E-state index < -0.39 is 47.7 Å². The van der Waals surface area contributed by atoms with Crippen LogP contribution in [0.4, 0.5) is 0 Å². The summed E-state index contributed by atoms with van der Waals surface area (Å²) < 4.78 is 29.7. The zero-order chi connectivity index (χ0) is 28.6. The summed E-state index contributed by atoms with van der Waals surface area (Å²) in [7, 11) is 0. The molecule has 3 aliphatic rings. The van der Waals surface area contributed by atoms with Gasteiger partial charge in [-0.25, -0.2) is 14.4 Å². The molecule has 2 saturated heterocycles. The van der Waals surface area contributed by atoms with Gasteiger partial charge in [0.15, 0.2) is 6.10 Å². The summed E-state index contributed by atoms with van der Waals surface area (Å²) in [6.07, 6.45) is 3.09. The van der Waals surface area contributed by atoms with E-state index in [1.54, 1.807) is 59.8 Å². The van der Waals surface area contributed by atoms with Crippen molar-refractivity contribution >= 4 is 17.9 Å². The Morgan fingerprint density at radius 2 is 1.39 bits per heavy atom. The summed E-state index contributed by atoms with van der Waals surface area (Å²) in [4.78, 5) is 38.6. The summed E-state index contributed by atoms with van der Waals surface area (Å²) in [6, 6.07) is 0. The summed E-state index contributed by atoms with van der Waals surface area (Å²) in [5, 5.41) is 0. The molecule has 2 heterocycles. The number of rotatable bonds is 10. The topological polar surface area (TPSA) is 104 Å². The van der Waals surface area contributed by atoms with Gasteiger partial charge in [-0.05, 0) is 74.3 Å². The van der Waals surface area contributed by atoms with Crippen molar-refractivity contribution in [2.24, 2.45) is 5.92 Å². The first-order valence-corrected chi connectivity index (χ1v) is 13.3. The second kappa shape index (κ2) is 11.2. The van der Waals surface area contributed by atoms with Crippen molar-refractivity contribution in [3.63, 3.8) is 0 Å². The number of ether oxygens (including phenoxy) is 5. The Kier molecular flexibility index (Phi) is 8.78. The Balaban J connectivity index is 1.97. The van der Waals surface area contributed by atoms with Gasteiger partial charge in [0.25, 0.3) is 0 Å². The van der Waals surface area contributed by atoms with Crippen LogP contribution in [0.15, 0.2) is 47.1 Å². The van der Waals surface area contributed by atoms with Gasteiger partial charge in [0.05, 0.1) is 17.8 Å². The highest BCUT2D eigenvalue weighted by Crippen LogP contribution is 2.54. The Bertz CT molecular complexity index is 1080. The minimum absolute atomic E-state index is 0.119. The molecule has 7 atom stereocenters. The lowest BCUT2D eigenvalue weighted by atomic mass is 9.73. The van der Waals surface area contributed by atoms with Crippen molar-refractivity contribution < 1.29 is 38.1 Å². The third-order valence-corrected chi connectivity index (χ3v) is 8.18. The first-order chi connectivity index (χ1) is 17.7. The van der Waals surface area contributed by atoms with E-state index in [1.807, 2.05) is 20.8 Å². The standard InChI is InChI=1S/C30H42O8/c1-11-16(4)26(31)34-21(15-22-29(8,9)37-22)19(7)20-14-23-30(10,38-23)25(36-28(33)18(6)13-3)24(20)35-27(32)17(5)12-2/h11-13,20-25H,7,14-15H2,1-6,8-10H3/b16-11-,17-12-,18-13-/t20-,21+,22-,23-,24+,25+,30-/m1/s1. The van der Waals surface area contributed by atoms with Gasteiger partial charge in [-0.15, -0.1) is 0 Å². The monoisotopic (exact) mass is 530 g/mol. The van der Waals surface area contributed by atoms with Crippen LogP contribution in [0.1, 0.15) is 75.2 Å². The Morgan fingerprint density at radius 3 is 1.89 bits per heavy atom. The minimum Gasteiger partial charge on any atom is -0.454 e. The molecule has 0 aromatic rings. The minimum atomic E-state index is -0.889. The van der Waals surface area contributed by atoms with Crippen molar-refractivity contribution in [3.05, 3.63) is 47.1 Å². The molecular formula is C30H42O8. The second-order valence-corrected chi connectivity index (χ2v) is 11.2. The Hall–Kier alpha value is -2.71. The molecule has 0 amide bonds. The van der Waals surface area contributed by atoms with E-state index in [0.717, 1.165) is 0 Å². The lowest BCUT2D eigenvalue weighted by molar-refractivity contribution is -0.174. The van der Waals surface area contributed by atoms with Gasteiger partial charge in [-0.1, -0.05) is 24.8 Å². The highest BCUT2D eigenvalue weighted by molar-refractivity contribution is 5.89. The molecule has 0 N–H and O–H groups in total. The molecule has 8 heteroatoms. The summed E-state index contributed by atoms with van der Waals surface area (Å²) >= 11 is 0. The average molecular weight is 531 g/mol. The molecule has 0 unspecified atom stereocenters. The van der Waals surface area contributed by atoms with Crippen LogP contribution in [0.25, 0.3) is 0 Å². The van der Waals surface area contributed by atoms with Crippen LogP contribution in [0, 0.1) is 5.92 Å². The van der Waals surface area contributed by atoms with Crippen molar-refractivity contribution in [1.82, 2.24) is 0 Å². The van der Waals surface area contributed by atoms with Crippen LogP contribution in [-0.2, 0) is 38.1 Å². The van der Waals surface area contributed by atoms with Crippen molar-refractivity contribution in [2.75, 3.05) is 0 Å². The molecule has 0 aromatic carbocycles. The molecule has 210 valence electrons. The van der Waals surface area contributed by atoms with E-state index in [-0.39, 0.29) is 17.8 Å². The molecule has 0 bridgehead atoms. The highest BCUT2D eigenvalue weighted by atomic mass is 16.7. The molecule has 3 rings (SSSR count). The van der Waals surface area contributed by atoms with Gasteiger partial charge in [-0.3, -0.25) is 0 Å². The summed E-state index contributed by atoms with van der Waals surface area (Å²) in [5.41, 5.74) is 0.773. The molecule has 0 spiro atoms. The molecular weight excluding hydrogens is 488 g/mol. The summed E-state index contributed by atoms with van der Waals surface area (Å²) in [6.45, 7) is 20.4. The van der Waals surface area contributed by atoms with E-state index in [2.05, 4.69) is 6.58 Å². The van der Waals surface area contributed by atoms with Crippen LogP contribution < -0.4 is 0 Å². The third kappa shape index (κ3) is 6.12. The van der Waals surface area contributed by atoms with Crippen molar-refractivity contribution in [3.8, 4) is 0 Å². The highest BCUT2D eigenvalue weighted by Gasteiger charge is 2.68. The van der Waals surface area contributed by atoms with Gasteiger partial charge in [0, 0.05) is 29.1 Å². The lowest BCUT2D eigenvalue weighted by Gasteiger charge is -2.40. The molecule has 3 fully saturated rings. The largest absolute Gasteiger partial charge is 0.454 e. The molecule has 38 heavy (non-hydrogen) atoms. The number of fused-ring (bicyclic) bond motifs is 1. The fourth-order valence-corrected chi connectivity index (χ4v) is 4.77. The SMILES string of the molecule is C=C([C@H](C[C@H]1OC1(C)C)OC(=O)/C(C)=C\C)[C@H]1C[C@H]2O[C@@]2(C)[C@@H](OC(=O)/C(C)=C\C)[C@H]1OC(=O)/C(C)=C\C. The number of hydrogen-bond donors (Lipinski definition) is 0. The first kappa shape index (κ1) is 29.8. The molecule has 1 saturated carbocycles. The van der Waals surface area contributed by atoms with Gasteiger partial charge in [0.1, 0.15) is 17.8 Å². The van der Waals surface area contributed by atoms with Crippen LogP contribution >= 0.6 is 0 Å².